The number of amides is 2. The van der Waals surface area contributed by atoms with E-state index in [1.54, 1.807) is 0 Å². The van der Waals surface area contributed by atoms with Gasteiger partial charge in [0.05, 0.1) is 16.8 Å². The molecule has 1 aromatic heterocycles. The maximum atomic E-state index is 12.8. The third-order valence-corrected chi connectivity index (χ3v) is 4.24. The summed E-state index contributed by atoms with van der Waals surface area (Å²) in [6.07, 6.45) is 1.31. The molecule has 0 aliphatic carbocycles. The van der Waals surface area contributed by atoms with Crippen molar-refractivity contribution < 1.29 is 9.59 Å². The number of nitrogens with one attached hydrogen (secondary N) is 2. The molecule has 0 radical (unpaired) electrons. The van der Waals surface area contributed by atoms with Crippen molar-refractivity contribution in [1.82, 2.24) is 15.6 Å². The Kier molecular flexibility index (Phi) is 6.15. The minimum Gasteiger partial charge on any atom is -0.354 e. The number of rotatable bonds is 7. The quantitative estimate of drug-likeness (QED) is 0.632. The molecule has 0 spiro atoms. The fraction of sp³-hybridized carbons (Fsp3) is 0.227. The van der Waals surface area contributed by atoms with Crippen molar-refractivity contribution in [2.75, 3.05) is 13.1 Å². The Morgan fingerprint density at radius 2 is 1.63 bits per heavy atom. The van der Waals surface area contributed by atoms with E-state index in [2.05, 4.69) is 10.6 Å². The lowest BCUT2D eigenvalue weighted by atomic mass is 10.0. The molecule has 0 saturated carbocycles. The minimum atomic E-state index is -0.171. The summed E-state index contributed by atoms with van der Waals surface area (Å²) < 4.78 is 0. The highest BCUT2D eigenvalue weighted by molar-refractivity contribution is 6.07. The van der Waals surface area contributed by atoms with E-state index in [1.165, 1.54) is 0 Å². The van der Waals surface area contributed by atoms with E-state index >= 15 is 0 Å². The zero-order valence-corrected chi connectivity index (χ0v) is 15.4. The number of carbonyl (C=O) groups is 2. The topological polar surface area (TPSA) is 71.1 Å². The Morgan fingerprint density at radius 1 is 0.926 bits per heavy atom. The van der Waals surface area contributed by atoms with Gasteiger partial charge in [0.1, 0.15) is 0 Å². The monoisotopic (exact) mass is 361 g/mol. The second-order valence-corrected chi connectivity index (χ2v) is 6.29. The molecule has 0 unspecified atom stereocenters. The number of hydrogen-bond acceptors (Lipinski definition) is 3. The van der Waals surface area contributed by atoms with Crippen LogP contribution in [0.2, 0.25) is 0 Å². The first-order chi connectivity index (χ1) is 13.2. The van der Waals surface area contributed by atoms with Crippen LogP contribution in [0.1, 0.15) is 30.1 Å². The van der Waals surface area contributed by atoms with E-state index in [-0.39, 0.29) is 11.8 Å². The number of carbonyl (C=O) groups excluding carboxylic acids is 2. The van der Waals surface area contributed by atoms with Gasteiger partial charge in [0.2, 0.25) is 5.91 Å². The van der Waals surface area contributed by atoms with Crippen LogP contribution in [0.5, 0.6) is 0 Å². The van der Waals surface area contributed by atoms with Crippen molar-refractivity contribution in [3.63, 3.8) is 0 Å². The summed E-state index contributed by atoms with van der Waals surface area (Å²) in [5, 5.41) is 6.49. The molecule has 0 aliphatic rings. The van der Waals surface area contributed by atoms with Crippen LogP contribution in [0.25, 0.3) is 22.2 Å². The van der Waals surface area contributed by atoms with Gasteiger partial charge in [-0.25, -0.2) is 4.98 Å². The van der Waals surface area contributed by atoms with Crippen LogP contribution in [-0.4, -0.2) is 29.9 Å². The molecule has 3 aromatic rings. The highest BCUT2D eigenvalue weighted by Gasteiger charge is 2.13. The van der Waals surface area contributed by atoms with Crippen molar-refractivity contribution in [2.45, 2.75) is 19.8 Å². The summed E-state index contributed by atoms with van der Waals surface area (Å²) in [7, 11) is 0. The van der Waals surface area contributed by atoms with E-state index < -0.39 is 0 Å². The smallest absolute Gasteiger partial charge is 0.252 e. The van der Waals surface area contributed by atoms with Gasteiger partial charge in [-0.2, -0.15) is 0 Å². The van der Waals surface area contributed by atoms with Crippen molar-refractivity contribution in [3.05, 3.63) is 66.2 Å². The Morgan fingerprint density at radius 3 is 2.41 bits per heavy atom. The Labute approximate surface area is 158 Å². The molecule has 2 amide bonds. The zero-order chi connectivity index (χ0) is 19.1. The minimum absolute atomic E-state index is 0.00692. The third kappa shape index (κ3) is 4.70. The highest BCUT2D eigenvalue weighted by atomic mass is 16.2. The first kappa shape index (κ1) is 18.6. The van der Waals surface area contributed by atoms with Gasteiger partial charge in [0, 0.05) is 30.5 Å². The average Bonchev–Trinajstić information content (AvgIpc) is 2.71. The van der Waals surface area contributed by atoms with Gasteiger partial charge < -0.3 is 10.6 Å². The van der Waals surface area contributed by atoms with Gasteiger partial charge in [0.15, 0.2) is 0 Å². The number of hydrogen-bond donors (Lipinski definition) is 2. The molecule has 27 heavy (non-hydrogen) atoms. The van der Waals surface area contributed by atoms with Crippen molar-refractivity contribution in [3.8, 4) is 11.3 Å². The molecule has 0 bridgehead atoms. The number of nitrogens with zero attached hydrogens (tertiary/aromatic N) is 1. The van der Waals surface area contributed by atoms with Gasteiger partial charge in [-0.1, -0.05) is 55.5 Å². The van der Waals surface area contributed by atoms with E-state index in [9.17, 15) is 9.59 Å². The van der Waals surface area contributed by atoms with Gasteiger partial charge in [0.25, 0.3) is 5.91 Å². The van der Waals surface area contributed by atoms with Gasteiger partial charge in [-0.05, 0) is 18.6 Å². The van der Waals surface area contributed by atoms with Crippen LogP contribution in [0.15, 0.2) is 60.7 Å². The number of aromatic nitrogens is 1. The van der Waals surface area contributed by atoms with E-state index in [0.29, 0.717) is 25.1 Å². The highest BCUT2D eigenvalue weighted by Crippen LogP contribution is 2.24. The Bertz CT molecular complexity index is 939. The summed E-state index contributed by atoms with van der Waals surface area (Å²) in [5.41, 5.74) is 3.08. The SMILES string of the molecule is CCCC(=O)NCCNC(=O)c1cc(-c2ccccc2)nc2ccccc12. The molecule has 2 aromatic carbocycles. The molecule has 0 aliphatic heterocycles. The van der Waals surface area contributed by atoms with E-state index in [1.807, 2.05) is 67.6 Å². The number of para-hydroxylation sites is 1. The second-order valence-electron chi connectivity index (χ2n) is 6.29. The van der Waals surface area contributed by atoms with E-state index in [4.69, 9.17) is 4.98 Å². The molecule has 2 N–H and O–H groups in total. The molecule has 0 saturated heterocycles. The largest absolute Gasteiger partial charge is 0.354 e. The molecule has 138 valence electrons. The predicted octanol–water partition coefficient (Wildman–Crippen LogP) is 3.55. The normalized spacial score (nSPS) is 10.6. The van der Waals surface area contributed by atoms with Gasteiger partial charge >= 0.3 is 0 Å². The molecule has 0 atom stereocenters. The lowest BCUT2D eigenvalue weighted by molar-refractivity contribution is -0.121. The summed E-state index contributed by atoms with van der Waals surface area (Å²) in [6.45, 7) is 2.75. The molecule has 0 fully saturated rings. The molecular weight excluding hydrogens is 338 g/mol. The number of benzene rings is 2. The molecular formula is C22H23N3O2. The maximum Gasteiger partial charge on any atom is 0.252 e. The Balaban J connectivity index is 1.80. The van der Waals surface area contributed by atoms with Crippen LogP contribution in [0.4, 0.5) is 0 Å². The average molecular weight is 361 g/mol. The third-order valence-electron chi connectivity index (χ3n) is 4.24. The lowest BCUT2D eigenvalue weighted by Crippen LogP contribution is -2.34. The predicted molar refractivity (Wildman–Crippen MR) is 107 cm³/mol. The molecule has 5 heteroatoms. The van der Waals surface area contributed by atoms with Crippen LogP contribution in [-0.2, 0) is 4.79 Å². The molecule has 5 nitrogen and oxygen atoms in total. The summed E-state index contributed by atoms with van der Waals surface area (Å²) in [6, 6.07) is 19.2. The van der Waals surface area contributed by atoms with Crippen LogP contribution in [0.3, 0.4) is 0 Å². The van der Waals surface area contributed by atoms with Gasteiger partial charge in [-0.15, -0.1) is 0 Å². The van der Waals surface area contributed by atoms with Crippen molar-refractivity contribution >= 4 is 22.7 Å². The van der Waals surface area contributed by atoms with Crippen molar-refractivity contribution in [2.24, 2.45) is 0 Å². The van der Waals surface area contributed by atoms with Gasteiger partial charge in [-0.3, -0.25) is 9.59 Å². The van der Waals surface area contributed by atoms with Crippen LogP contribution >= 0.6 is 0 Å². The fourth-order valence-corrected chi connectivity index (χ4v) is 2.91. The van der Waals surface area contributed by atoms with E-state index in [0.717, 1.165) is 28.6 Å². The van der Waals surface area contributed by atoms with Crippen LogP contribution in [0, 0.1) is 0 Å². The number of pyridine rings is 1. The first-order valence-electron chi connectivity index (χ1n) is 9.19. The molecule has 3 rings (SSSR count). The summed E-state index contributed by atoms with van der Waals surface area (Å²) in [4.78, 5) is 29.0. The molecule has 1 heterocycles. The maximum absolute atomic E-state index is 12.8. The number of fused-ring (bicyclic) bond motifs is 1. The first-order valence-corrected chi connectivity index (χ1v) is 9.19. The van der Waals surface area contributed by atoms with Crippen molar-refractivity contribution in [1.29, 1.82) is 0 Å². The second kappa shape index (κ2) is 8.94. The van der Waals surface area contributed by atoms with Crippen LogP contribution < -0.4 is 10.6 Å². The Hall–Kier alpha value is -3.21. The standard InChI is InChI=1S/C22H23N3O2/c1-2-8-21(26)23-13-14-24-22(27)18-15-20(16-9-4-3-5-10-16)25-19-12-7-6-11-17(18)19/h3-7,9-12,15H,2,8,13-14H2,1H3,(H,23,26)(H,24,27). The lowest BCUT2D eigenvalue weighted by Gasteiger charge is -2.11. The fourth-order valence-electron chi connectivity index (χ4n) is 2.91. The summed E-state index contributed by atoms with van der Waals surface area (Å²) >= 11 is 0. The zero-order valence-electron chi connectivity index (χ0n) is 15.4. The summed E-state index contributed by atoms with van der Waals surface area (Å²) in [5.74, 6) is -0.164.